The Bertz CT molecular complexity index is 686. The zero-order chi connectivity index (χ0) is 15.8. The largest absolute Gasteiger partial charge is 0.481 e. The van der Waals surface area contributed by atoms with Crippen LogP contribution in [0.4, 0.5) is 5.69 Å². The first-order valence-corrected chi connectivity index (χ1v) is 8.53. The Morgan fingerprint density at radius 1 is 1.57 bits per heavy atom. The van der Waals surface area contributed by atoms with Crippen LogP contribution in [0.25, 0.3) is 0 Å². The van der Waals surface area contributed by atoms with Gasteiger partial charge in [-0.1, -0.05) is 11.6 Å². The number of aliphatic carboxylic acids is 1. The summed E-state index contributed by atoms with van der Waals surface area (Å²) in [6.07, 6.45) is 0.837. The van der Waals surface area contributed by atoms with E-state index in [9.17, 15) is 23.3 Å². The molecule has 0 saturated carbocycles. The third kappa shape index (κ3) is 3.18. The van der Waals surface area contributed by atoms with Gasteiger partial charge in [-0.05, 0) is 12.8 Å². The van der Waals surface area contributed by atoms with Crippen LogP contribution in [0.5, 0.6) is 0 Å². The number of carboxylic acids is 1. The summed E-state index contributed by atoms with van der Waals surface area (Å²) in [6, 6.07) is 0.909. The van der Waals surface area contributed by atoms with Crippen molar-refractivity contribution in [3.05, 3.63) is 20.5 Å². The number of hydrogen-bond donors (Lipinski definition) is 1. The summed E-state index contributed by atoms with van der Waals surface area (Å²) < 4.78 is 25.4. The van der Waals surface area contributed by atoms with Crippen molar-refractivity contribution in [1.29, 1.82) is 0 Å². The quantitative estimate of drug-likeness (QED) is 0.650. The molecule has 2 heterocycles. The zero-order valence-corrected chi connectivity index (χ0v) is 12.9. The molecule has 1 fully saturated rings. The summed E-state index contributed by atoms with van der Waals surface area (Å²) >= 11 is 6.26. The standard InChI is InChI=1S/C10H11ClN2O6S2/c11-9-7(13(16)17)4-8(20-9)21(18,19)12-3-1-2-6(5-12)10(14)15/h4,6H,1-3,5H2,(H,14,15). The normalized spacial score (nSPS) is 20.3. The van der Waals surface area contributed by atoms with Crippen molar-refractivity contribution in [3.63, 3.8) is 0 Å². The molecule has 1 aliphatic heterocycles. The van der Waals surface area contributed by atoms with Crippen molar-refractivity contribution in [2.75, 3.05) is 13.1 Å². The van der Waals surface area contributed by atoms with E-state index in [-0.39, 0.29) is 21.6 Å². The van der Waals surface area contributed by atoms with Crippen LogP contribution in [0.2, 0.25) is 4.34 Å². The van der Waals surface area contributed by atoms with Gasteiger partial charge in [0.05, 0.1) is 10.8 Å². The van der Waals surface area contributed by atoms with Crippen molar-refractivity contribution < 1.29 is 23.2 Å². The maximum absolute atomic E-state index is 12.4. The van der Waals surface area contributed by atoms with Crippen LogP contribution in [0.15, 0.2) is 10.3 Å². The average molecular weight is 355 g/mol. The van der Waals surface area contributed by atoms with Crippen LogP contribution in [0.3, 0.4) is 0 Å². The SMILES string of the molecule is O=C(O)C1CCCN(S(=O)(=O)c2cc([N+](=O)[O-])c(Cl)s2)C1. The van der Waals surface area contributed by atoms with E-state index in [1.165, 1.54) is 0 Å². The summed E-state index contributed by atoms with van der Waals surface area (Å²) in [5.74, 6) is -1.82. The molecular weight excluding hydrogens is 344 g/mol. The molecule has 1 aromatic rings. The molecule has 116 valence electrons. The number of thiophene rings is 1. The van der Waals surface area contributed by atoms with Gasteiger partial charge in [-0.25, -0.2) is 8.42 Å². The highest BCUT2D eigenvalue weighted by atomic mass is 35.5. The molecule has 11 heteroatoms. The third-order valence-corrected chi connectivity index (χ3v) is 6.82. The highest BCUT2D eigenvalue weighted by molar-refractivity contribution is 7.91. The predicted molar refractivity (Wildman–Crippen MR) is 75.1 cm³/mol. The second-order valence-corrected chi connectivity index (χ2v) is 8.34. The van der Waals surface area contributed by atoms with E-state index in [4.69, 9.17) is 16.7 Å². The van der Waals surface area contributed by atoms with Crippen LogP contribution >= 0.6 is 22.9 Å². The Morgan fingerprint density at radius 3 is 2.76 bits per heavy atom. The summed E-state index contributed by atoms with van der Waals surface area (Å²) in [6.45, 7) is 0.0520. The van der Waals surface area contributed by atoms with E-state index in [2.05, 4.69) is 0 Å². The van der Waals surface area contributed by atoms with E-state index < -0.39 is 32.5 Å². The van der Waals surface area contributed by atoms with Gasteiger partial charge in [-0.2, -0.15) is 4.31 Å². The fourth-order valence-corrected chi connectivity index (χ4v) is 5.42. The molecule has 21 heavy (non-hydrogen) atoms. The van der Waals surface area contributed by atoms with Crippen molar-refractivity contribution >= 4 is 44.6 Å². The number of nitrogens with zero attached hydrogens (tertiary/aromatic N) is 2. The van der Waals surface area contributed by atoms with Crippen LogP contribution in [-0.4, -0.2) is 41.8 Å². The number of carbonyl (C=O) groups is 1. The molecule has 1 saturated heterocycles. The predicted octanol–water partition coefficient (Wildman–Crippen LogP) is 1.80. The first kappa shape index (κ1) is 16.1. The summed E-state index contributed by atoms with van der Waals surface area (Å²) in [5, 5.41) is 19.7. The summed E-state index contributed by atoms with van der Waals surface area (Å²) in [4.78, 5) is 20.9. The summed E-state index contributed by atoms with van der Waals surface area (Å²) in [5.41, 5.74) is -0.466. The van der Waals surface area contributed by atoms with Gasteiger partial charge in [0.15, 0.2) is 4.34 Å². The Hall–Kier alpha value is -1.23. The minimum atomic E-state index is -3.96. The van der Waals surface area contributed by atoms with Gasteiger partial charge in [0.25, 0.3) is 15.7 Å². The number of rotatable bonds is 4. The minimum Gasteiger partial charge on any atom is -0.481 e. The molecule has 0 aliphatic carbocycles. The van der Waals surface area contributed by atoms with E-state index in [0.717, 1.165) is 10.4 Å². The fourth-order valence-electron chi connectivity index (χ4n) is 2.08. The van der Waals surface area contributed by atoms with Gasteiger partial charge in [-0.15, -0.1) is 11.3 Å². The number of halogens is 1. The van der Waals surface area contributed by atoms with E-state index in [0.29, 0.717) is 24.2 Å². The molecule has 0 spiro atoms. The van der Waals surface area contributed by atoms with Crippen LogP contribution in [0.1, 0.15) is 12.8 Å². The maximum Gasteiger partial charge on any atom is 0.307 e. The number of hydrogen-bond acceptors (Lipinski definition) is 6. The molecule has 0 amide bonds. The lowest BCUT2D eigenvalue weighted by molar-refractivity contribution is -0.384. The second kappa shape index (κ2) is 5.87. The Kier molecular flexibility index (Phi) is 4.51. The molecule has 1 aromatic heterocycles. The van der Waals surface area contributed by atoms with Gasteiger partial charge in [0, 0.05) is 19.2 Å². The Labute approximate surface area is 129 Å². The first-order chi connectivity index (χ1) is 9.73. The molecule has 1 aliphatic rings. The van der Waals surface area contributed by atoms with Gasteiger partial charge in [0.1, 0.15) is 4.21 Å². The van der Waals surface area contributed by atoms with Crippen LogP contribution in [-0.2, 0) is 14.8 Å². The monoisotopic (exact) mass is 354 g/mol. The van der Waals surface area contributed by atoms with Crippen molar-refractivity contribution in [3.8, 4) is 0 Å². The first-order valence-electron chi connectivity index (χ1n) is 5.90. The fraction of sp³-hybridized carbons (Fsp3) is 0.500. The number of nitro groups is 1. The highest BCUT2D eigenvalue weighted by Crippen LogP contribution is 2.38. The minimum absolute atomic E-state index is 0.138. The van der Waals surface area contributed by atoms with Crippen molar-refractivity contribution in [2.45, 2.75) is 17.1 Å². The topological polar surface area (TPSA) is 118 Å². The number of piperidine rings is 1. The van der Waals surface area contributed by atoms with Crippen molar-refractivity contribution in [2.24, 2.45) is 5.92 Å². The average Bonchev–Trinajstić information content (AvgIpc) is 2.82. The second-order valence-electron chi connectivity index (χ2n) is 4.52. The molecule has 0 aromatic carbocycles. The smallest absolute Gasteiger partial charge is 0.307 e. The lowest BCUT2D eigenvalue weighted by atomic mass is 10.0. The lowest BCUT2D eigenvalue weighted by Gasteiger charge is -2.29. The molecule has 1 unspecified atom stereocenters. The zero-order valence-electron chi connectivity index (χ0n) is 10.6. The molecule has 2 rings (SSSR count). The Morgan fingerprint density at radius 2 is 2.24 bits per heavy atom. The van der Waals surface area contributed by atoms with E-state index >= 15 is 0 Å². The molecule has 8 nitrogen and oxygen atoms in total. The number of sulfonamides is 1. The summed E-state index contributed by atoms with van der Waals surface area (Å²) in [7, 11) is -3.96. The van der Waals surface area contributed by atoms with Gasteiger partial charge < -0.3 is 5.11 Å². The highest BCUT2D eigenvalue weighted by Gasteiger charge is 2.35. The third-order valence-electron chi connectivity index (χ3n) is 3.17. The molecule has 1 N–H and O–H groups in total. The van der Waals surface area contributed by atoms with Gasteiger partial charge >= 0.3 is 5.97 Å². The van der Waals surface area contributed by atoms with Gasteiger partial charge in [0.2, 0.25) is 0 Å². The van der Waals surface area contributed by atoms with Crippen molar-refractivity contribution in [1.82, 2.24) is 4.31 Å². The van der Waals surface area contributed by atoms with Gasteiger partial charge in [-0.3, -0.25) is 14.9 Å². The Balaban J connectivity index is 2.31. The molecular formula is C10H11ClN2O6S2. The molecule has 1 atom stereocenters. The van der Waals surface area contributed by atoms with E-state index in [1.807, 2.05) is 0 Å². The van der Waals surface area contributed by atoms with Crippen LogP contribution in [0, 0.1) is 16.0 Å². The lowest BCUT2D eigenvalue weighted by Crippen LogP contribution is -2.42. The molecule has 0 bridgehead atoms. The number of carboxylic acid groups (broad SMARTS) is 1. The maximum atomic E-state index is 12.4. The molecule has 0 radical (unpaired) electrons. The van der Waals surface area contributed by atoms with E-state index in [1.54, 1.807) is 0 Å². The van der Waals surface area contributed by atoms with Crippen LogP contribution < -0.4 is 0 Å².